The number of hydrogen-bond donors (Lipinski definition) is 1. The van der Waals surface area contributed by atoms with E-state index in [0.717, 1.165) is 12.8 Å². The van der Waals surface area contributed by atoms with E-state index in [9.17, 15) is 9.59 Å². The van der Waals surface area contributed by atoms with Gasteiger partial charge in [-0.1, -0.05) is 6.07 Å². The summed E-state index contributed by atoms with van der Waals surface area (Å²) in [6.07, 6.45) is 3.37. The van der Waals surface area contributed by atoms with Crippen LogP contribution >= 0.6 is 0 Å². The Morgan fingerprint density at radius 2 is 1.81 bits per heavy atom. The first-order chi connectivity index (χ1) is 9.85. The molecule has 1 aliphatic rings. The summed E-state index contributed by atoms with van der Waals surface area (Å²) in [6, 6.07) is 6.20. The quantitative estimate of drug-likeness (QED) is 0.900. The molecule has 0 bridgehead atoms. The van der Waals surface area contributed by atoms with Crippen LogP contribution in [0.3, 0.4) is 0 Å². The summed E-state index contributed by atoms with van der Waals surface area (Å²) >= 11 is 0. The van der Waals surface area contributed by atoms with Crippen molar-refractivity contribution in [1.29, 1.82) is 0 Å². The van der Waals surface area contributed by atoms with Crippen LogP contribution in [0.1, 0.15) is 40.0 Å². The molecule has 1 aliphatic carbocycles. The molecule has 0 unspecified atom stereocenters. The molecule has 0 saturated heterocycles. The van der Waals surface area contributed by atoms with E-state index in [1.807, 2.05) is 14.1 Å². The van der Waals surface area contributed by atoms with Crippen molar-refractivity contribution in [3.8, 4) is 0 Å². The summed E-state index contributed by atoms with van der Waals surface area (Å²) in [6.45, 7) is 0.663. The van der Waals surface area contributed by atoms with Crippen LogP contribution in [0.2, 0.25) is 0 Å². The molecule has 1 saturated carbocycles. The van der Waals surface area contributed by atoms with Gasteiger partial charge in [0.15, 0.2) is 0 Å². The lowest BCUT2D eigenvalue weighted by atomic mass is 9.75. The lowest BCUT2D eigenvalue weighted by Crippen LogP contribution is -2.57. The van der Waals surface area contributed by atoms with E-state index in [-0.39, 0.29) is 17.0 Å². The maximum atomic E-state index is 12.5. The third-order valence-corrected chi connectivity index (χ3v) is 4.47. The van der Waals surface area contributed by atoms with Crippen molar-refractivity contribution in [3.05, 3.63) is 35.4 Å². The SMILES string of the molecule is CN(CC1(N(C)C)CCC1)C(=O)c1cccc(C(=O)O)c1. The topological polar surface area (TPSA) is 60.9 Å². The number of carboxylic acid groups (broad SMARTS) is 1. The number of carbonyl (C=O) groups is 2. The second kappa shape index (κ2) is 5.85. The van der Waals surface area contributed by atoms with Crippen molar-refractivity contribution in [3.63, 3.8) is 0 Å². The Morgan fingerprint density at radius 3 is 2.29 bits per heavy atom. The fraction of sp³-hybridized carbons (Fsp3) is 0.500. The summed E-state index contributed by atoms with van der Waals surface area (Å²) in [4.78, 5) is 27.3. The molecule has 114 valence electrons. The third kappa shape index (κ3) is 3.08. The number of amides is 1. The fourth-order valence-electron chi connectivity index (χ4n) is 2.85. The van der Waals surface area contributed by atoms with Gasteiger partial charge >= 0.3 is 5.97 Å². The lowest BCUT2D eigenvalue weighted by Gasteiger charge is -2.49. The van der Waals surface area contributed by atoms with Gasteiger partial charge in [-0.3, -0.25) is 4.79 Å². The van der Waals surface area contributed by atoms with E-state index in [1.54, 1.807) is 24.1 Å². The molecule has 0 aliphatic heterocycles. The molecule has 5 nitrogen and oxygen atoms in total. The number of hydrogen-bond acceptors (Lipinski definition) is 3. The maximum Gasteiger partial charge on any atom is 0.335 e. The average Bonchev–Trinajstić information content (AvgIpc) is 2.41. The Morgan fingerprint density at radius 1 is 1.19 bits per heavy atom. The highest BCUT2D eigenvalue weighted by molar-refractivity contribution is 5.97. The summed E-state index contributed by atoms with van der Waals surface area (Å²) < 4.78 is 0. The van der Waals surface area contributed by atoms with Crippen LogP contribution in [0, 0.1) is 0 Å². The van der Waals surface area contributed by atoms with E-state index in [4.69, 9.17) is 5.11 Å². The van der Waals surface area contributed by atoms with Gasteiger partial charge < -0.3 is 14.9 Å². The van der Waals surface area contributed by atoms with Crippen molar-refractivity contribution in [2.24, 2.45) is 0 Å². The van der Waals surface area contributed by atoms with Crippen LogP contribution in [0.5, 0.6) is 0 Å². The predicted octanol–water partition coefficient (Wildman–Crippen LogP) is 1.94. The Kier molecular flexibility index (Phi) is 4.32. The monoisotopic (exact) mass is 290 g/mol. The van der Waals surface area contributed by atoms with E-state index in [0.29, 0.717) is 12.1 Å². The molecule has 0 aromatic heterocycles. The molecule has 0 spiro atoms. The minimum Gasteiger partial charge on any atom is -0.478 e. The molecule has 2 rings (SSSR count). The molecule has 1 N–H and O–H groups in total. The summed E-state index contributed by atoms with van der Waals surface area (Å²) in [7, 11) is 5.87. The van der Waals surface area contributed by atoms with Gasteiger partial charge in [0, 0.05) is 24.7 Å². The number of carbonyl (C=O) groups excluding carboxylic acids is 1. The molecule has 1 amide bonds. The molecular weight excluding hydrogens is 268 g/mol. The second-order valence-electron chi connectivity index (χ2n) is 6.02. The van der Waals surface area contributed by atoms with Crippen LogP contribution in [0.15, 0.2) is 24.3 Å². The summed E-state index contributed by atoms with van der Waals surface area (Å²) in [5.74, 6) is -1.15. The first kappa shape index (κ1) is 15.5. The van der Waals surface area contributed by atoms with Crippen molar-refractivity contribution in [1.82, 2.24) is 9.80 Å². The van der Waals surface area contributed by atoms with Gasteiger partial charge in [-0.05, 0) is 51.6 Å². The van der Waals surface area contributed by atoms with Gasteiger partial charge in [-0.25, -0.2) is 4.79 Å². The number of aromatic carboxylic acids is 1. The minimum atomic E-state index is -1.02. The van der Waals surface area contributed by atoms with Gasteiger partial charge in [-0.2, -0.15) is 0 Å². The van der Waals surface area contributed by atoms with E-state index in [1.165, 1.54) is 18.6 Å². The number of benzene rings is 1. The first-order valence-electron chi connectivity index (χ1n) is 7.12. The number of rotatable bonds is 5. The number of likely N-dealkylation sites (N-methyl/N-ethyl adjacent to an activating group) is 2. The Bertz CT molecular complexity index is 550. The zero-order valence-corrected chi connectivity index (χ0v) is 12.8. The first-order valence-corrected chi connectivity index (χ1v) is 7.12. The molecule has 5 heteroatoms. The van der Waals surface area contributed by atoms with Crippen LogP contribution in [-0.4, -0.2) is 60.0 Å². The van der Waals surface area contributed by atoms with Gasteiger partial charge in [-0.15, -0.1) is 0 Å². The van der Waals surface area contributed by atoms with Crippen LogP contribution in [-0.2, 0) is 0 Å². The normalized spacial score (nSPS) is 16.4. The predicted molar refractivity (Wildman–Crippen MR) is 80.6 cm³/mol. The smallest absolute Gasteiger partial charge is 0.335 e. The molecule has 1 aromatic carbocycles. The van der Waals surface area contributed by atoms with E-state index >= 15 is 0 Å². The van der Waals surface area contributed by atoms with Crippen molar-refractivity contribution in [2.75, 3.05) is 27.7 Å². The largest absolute Gasteiger partial charge is 0.478 e. The fourth-order valence-corrected chi connectivity index (χ4v) is 2.85. The minimum absolute atomic E-state index is 0.0643. The Labute approximate surface area is 125 Å². The second-order valence-corrected chi connectivity index (χ2v) is 6.02. The van der Waals surface area contributed by atoms with Crippen molar-refractivity contribution < 1.29 is 14.7 Å². The molecule has 0 radical (unpaired) electrons. The molecule has 0 heterocycles. The maximum absolute atomic E-state index is 12.5. The summed E-state index contributed by atoms with van der Waals surface area (Å²) in [5, 5.41) is 9.00. The highest BCUT2D eigenvalue weighted by Gasteiger charge is 2.40. The Hall–Kier alpha value is -1.88. The molecule has 0 atom stereocenters. The average molecular weight is 290 g/mol. The highest BCUT2D eigenvalue weighted by atomic mass is 16.4. The molecule has 21 heavy (non-hydrogen) atoms. The van der Waals surface area contributed by atoms with Gasteiger partial charge in [0.2, 0.25) is 0 Å². The molecule has 1 fully saturated rings. The third-order valence-electron chi connectivity index (χ3n) is 4.47. The van der Waals surface area contributed by atoms with Gasteiger partial charge in [0.05, 0.1) is 5.56 Å². The van der Waals surface area contributed by atoms with Crippen molar-refractivity contribution in [2.45, 2.75) is 24.8 Å². The van der Waals surface area contributed by atoms with Gasteiger partial charge in [0.25, 0.3) is 5.91 Å². The zero-order chi connectivity index (χ0) is 15.6. The molecular formula is C16H22N2O3. The number of nitrogens with zero attached hydrogens (tertiary/aromatic N) is 2. The van der Waals surface area contributed by atoms with Crippen molar-refractivity contribution >= 4 is 11.9 Å². The summed E-state index contributed by atoms with van der Waals surface area (Å²) in [5.41, 5.74) is 0.625. The number of carboxylic acids is 1. The lowest BCUT2D eigenvalue weighted by molar-refractivity contribution is 0.0252. The molecule has 1 aromatic rings. The zero-order valence-electron chi connectivity index (χ0n) is 12.8. The van der Waals surface area contributed by atoms with Crippen LogP contribution in [0.25, 0.3) is 0 Å². The Balaban J connectivity index is 2.12. The van der Waals surface area contributed by atoms with E-state index < -0.39 is 5.97 Å². The standard InChI is InChI=1S/C16H22N2O3/c1-17(2)16(8-5-9-16)11-18(3)14(19)12-6-4-7-13(10-12)15(20)21/h4,6-7,10H,5,8-9,11H2,1-3H3,(H,20,21). The van der Waals surface area contributed by atoms with Crippen LogP contribution < -0.4 is 0 Å². The van der Waals surface area contributed by atoms with Gasteiger partial charge in [0.1, 0.15) is 0 Å². The van der Waals surface area contributed by atoms with Crippen LogP contribution in [0.4, 0.5) is 0 Å². The van der Waals surface area contributed by atoms with E-state index in [2.05, 4.69) is 4.90 Å². The highest BCUT2D eigenvalue weighted by Crippen LogP contribution is 2.36.